The van der Waals surface area contributed by atoms with Crippen LogP contribution in [0.1, 0.15) is 44.8 Å². The minimum Gasteiger partial charge on any atom is -1.00 e. The molecule has 2 nitrogen and oxygen atoms in total. The number of nitrogens with zero attached hydrogens (tertiary/aromatic N) is 2. The van der Waals surface area contributed by atoms with Gasteiger partial charge in [-0.15, -0.1) is 0 Å². The largest absolute Gasteiger partial charge is 1.00 e. The summed E-state index contributed by atoms with van der Waals surface area (Å²) in [4.78, 5) is 0. The Bertz CT molecular complexity index is 1280. The second-order valence-electron chi connectivity index (χ2n) is 8.56. The third-order valence-electron chi connectivity index (χ3n) is 6.94. The van der Waals surface area contributed by atoms with Gasteiger partial charge in [-0.1, -0.05) is 0 Å². The third kappa shape index (κ3) is 3.03. The van der Waals surface area contributed by atoms with Crippen LogP contribution in [0.15, 0.2) is 59.7 Å². The fourth-order valence-corrected chi connectivity index (χ4v) is 8.56. The van der Waals surface area contributed by atoms with E-state index in [2.05, 4.69) is 97.8 Å². The first-order valence-corrected chi connectivity index (χ1v) is 12.1. The average molecular weight is 483 g/mol. The molecule has 2 aliphatic carbocycles. The van der Waals surface area contributed by atoms with Crippen molar-refractivity contribution in [3.8, 4) is 0 Å². The van der Waals surface area contributed by atoms with Gasteiger partial charge in [-0.25, -0.2) is 0 Å². The number of hydrogen-bond acceptors (Lipinski definition) is 0. The normalized spacial score (nSPS) is 18.7. The summed E-state index contributed by atoms with van der Waals surface area (Å²) in [6, 6.07) is 17.9. The number of aryl methyl sites for hydroxylation is 2. The van der Waals surface area contributed by atoms with E-state index in [-0.39, 0.29) is 44.0 Å². The number of fused-ring (bicyclic) bond motifs is 6. The maximum Gasteiger partial charge on any atom is -1.00 e. The fourth-order valence-electron chi connectivity index (χ4n) is 5.49. The van der Waals surface area contributed by atoms with Gasteiger partial charge in [0.05, 0.1) is 0 Å². The van der Waals surface area contributed by atoms with E-state index in [4.69, 9.17) is 0 Å². The van der Waals surface area contributed by atoms with E-state index < -0.39 is 0 Å². The molecule has 5 heteroatoms. The molecule has 4 aromatic rings. The zero-order chi connectivity index (χ0) is 19.9. The van der Waals surface area contributed by atoms with Gasteiger partial charge in [0.1, 0.15) is 0 Å². The Morgan fingerprint density at radius 1 is 0.645 bits per heavy atom. The summed E-state index contributed by atoms with van der Waals surface area (Å²) in [6.07, 6.45) is 4.89. The minimum absolute atomic E-state index is 0. The monoisotopic (exact) mass is 482 g/mol. The molecular weight excluding hydrogens is 459 g/mol. The number of allylic oxidation sites excluding steroid dienone is 2. The van der Waals surface area contributed by atoms with Gasteiger partial charge >= 0.3 is 181 Å². The van der Waals surface area contributed by atoms with E-state index in [0.29, 0.717) is 8.45 Å². The number of aromatic nitrogens is 2. The Kier molecular flexibility index (Phi) is 5.81. The van der Waals surface area contributed by atoms with Crippen molar-refractivity contribution in [2.45, 2.75) is 22.3 Å². The van der Waals surface area contributed by atoms with Crippen LogP contribution in [0.5, 0.6) is 0 Å². The minimum atomic E-state index is -0.300. The molecule has 6 rings (SSSR count). The molecule has 2 aromatic carbocycles. The molecule has 2 heterocycles. The first-order valence-electron chi connectivity index (χ1n) is 10.3. The molecule has 0 amide bonds. The molecule has 2 aliphatic rings. The molecule has 0 fully saturated rings. The van der Waals surface area contributed by atoms with Crippen molar-refractivity contribution in [2.24, 2.45) is 14.1 Å². The summed E-state index contributed by atoms with van der Waals surface area (Å²) < 4.78 is 5.99. The maximum absolute atomic E-state index is 2.45. The van der Waals surface area contributed by atoms with E-state index in [9.17, 15) is 0 Å². The van der Waals surface area contributed by atoms with E-state index >= 15 is 0 Å². The van der Waals surface area contributed by atoms with Crippen molar-refractivity contribution in [3.63, 3.8) is 0 Å². The van der Waals surface area contributed by atoms with Crippen LogP contribution in [0.2, 0.25) is 0 Å². The number of para-hydroxylation sites is 2. The van der Waals surface area contributed by atoms with Gasteiger partial charge in [0.2, 0.25) is 0 Å². The molecule has 0 aliphatic heterocycles. The molecule has 0 spiro atoms. The fraction of sp³-hybridized carbons (Fsp3) is 0.231. The number of hydrogen-bond donors (Lipinski definition) is 0. The van der Waals surface area contributed by atoms with Crippen LogP contribution in [0, 0.1) is 0 Å². The summed E-state index contributed by atoms with van der Waals surface area (Å²) >= 11 is -0.300. The van der Waals surface area contributed by atoms with E-state index in [1.54, 1.807) is 22.3 Å². The van der Waals surface area contributed by atoms with Gasteiger partial charge in [0.25, 0.3) is 0 Å². The van der Waals surface area contributed by atoms with Gasteiger partial charge in [-0.3, -0.25) is 0 Å². The Morgan fingerprint density at radius 3 is 1.45 bits per heavy atom. The molecule has 0 saturated carbocycles. The van der Waals surface area contributed by atoms with Crippen molar-refractivity contribution in [2.75, 3.05) is 0 Å². The molecule has 2 atom stereocenters. The average Bonchev–Trinajstić information content (AvgIpc) is 3.40. The summed E-state index contributed by atoms with van der Waals surface area (Å²) in [6.45, 7) is 4.70. The standard InChI is InChI=1S/2C13H12N.2ClH.Ti/c2*1-9-7-11-10-5-3-4-6-12(10)14(2)13(11)8-9;;;/h2*3-8H,1-2H3;2*1H;/q;;;;+2/p-2. The van der Waals surface area contributed by atoms with E-state index in [0.717, 1.165) is 0 Å². The summed E-state index contributed by atoms with van der Waals surface area (Å²) in [5.41, 5.74) is 11.9. The van der Waals surface area contributed by atoms with E-state index in [1.165, 1.54) is 33.2 Å². The first-order chi connectivity index (χ1) is 14.1. The van der Waals surface area contributed by atoms with Gasteiger partial charge in [-0.05, 0) is 0 Å². The second-order valence-corrected chi connectivity index (χ2v) is 10.9. The van der Waals surface area contributed by atoms with Crippen molar-refractivity contribution in [1.29, 1.82) is 0 Å². The Labute approximate surface area is 204 Å². The first kappa shape index (κ1) is 22.5. The molecular formula is C26H24Cl2N2Ti. The van der Waals surface area contributed by atoms with Crippen LogP contribution in [0.25, 0.3) is 34.0 Å². The molecule has 2 unspecified atom stereocenters. The number of benzene rings is 2. The van der Waals surface area contributed by atoms with Gasteiger partial charge < -0.3 is 24.8 Å². The molecule has 156 valence electrons. The van der Waals surface area contributed by atoms with Crippen LogP contribution < -0.4 is 24.8 Å². The Morgan fingerprint density at radius 2 is 1.03 bits per heavy atom. The molecule has 0 saturated heterocycles. The van der Waals surface area contributed by atoms with E-state index in [1.807, 2.05) is 0 Å². The number of halogens is 2. The zero-order valence-electron chi connectivity index (χ0n) is 18.1. The molecule has 31 heavy (non-hydrogen) atoms. The zero-order valence-corrected chi connectivity index (χ0v) is 21.2. The topological polar surface area (TPSA) is 9.86 Å². The van der Waals surface area contributed by atoms with Crippen LogP contribution in [-0.2, 0) is 33.2 Å². The smallest absolute Gasteiger partial charge is 1.00 e. The summed E-state index contributed by atoms with van der Waals surface area (Å²) in [7, 11) is 4.44. The predicted octanol–water partition coefficient (Wildman–Crippen LogP) is 0.377. The summed E-state index contributed by atoms with van der Waals surface area (Å²) in [5.74, 6) is 0. The quantitative estimate of drug-likeness (QED) is 0.365. The Balaban J connectivity index is 0.00000116. The second kappa shape index (κ2) is 8.01. The van der Waals surface area contributed by atoms with Gasteiger partial charge in [-0.2, -0.15) is 0 Å². The third-order valence-corrected chi connectivity index (χ3v) is 10.3. The van der Waals surface area contributed by atoms with Crippen molar-refractivity contribution >= 4 is 34.0 Å². The van der Waals surface area contributed by atoms with Crippen LogP contribution in [0.3, 0.4) is 0 Å². The molecule has 0 bridgehead atoms. The van der Waals surface area contributed by atoms with Crippen molar-refractivity contribution < 1.29 is 44.0 Å². The molecule has 0 N–H and O–H groups in total. The van der Waals surface area contributed by atoms with Gasteiger partial charge in [0.15, 0.2) is 0 Å². The Hall–Kier alpha value is -1.71. The van der Waals surface area contributed by atoms with Gasteiger partial charge in [0, 0.05) is 0 Å². The van der Waals surface area contributed by atoms with Crippen molar-refractivity contribution in [1.82, 2.24) is 9.13 Å². The van der Waals surface area contributed by atoms with Crippen molar-refractivity contribution in [3.05, 3.63) is 82.2 Å². The van der Waals surface area contributed by atoms with Crippen LogP contribution in [-0.4, -0.2) is 9.13 Å². The predicted molar refractivity (Wildman–Crippen MR) is 119 cm³/mol. The SMILES string of the molecule is CC1=Cc2c(c3ccccc3n2C)[CH]1[Ti+2][CH]1C(C)=Cc2c1c1ccccc1n2C.[Cl-].[Cl-]. The maximum atomic E-state index is 2.45. The summed E-state index contributed by atoms with van der Waals surface area (Å²) in [5, 5.41) is 2.90. The molecule has 0 radical (unpaired) electrons. The molecule has 2 aromatic heterocycles. The number of rotatable bonds is 2. The van der Waals surface area contributed by atoms with Crippen LogP contribution in [0.4, 0.5) is 0 Å². The van der Waals surface area contributed by atoms with Crippen LogP contribution >= 0.6 is 0 Å².